The zero-order valence-corrected chi connectivity index (χ0v) is 15.2. The van der Waals surface area contributed by atoms with Crippen molar-refractivity contribution in [3.05, 3.63) is 53.6 Å². The van der Waals surface area contributed by atoms with E-state index in [2.05, 4.69) is 15.4 Å². The third-order valence-corrected chi connectivity index (χ3v) is 3.58. The number of para-hydroxylation sites is 2. The van der Waals surface area contributed by atoms with Gasteiger partial charge in [-0.2, -0.15) is 8.78 Å². The summed E-state index contributed by atoms with van der Waals surface area (Å²) < 4.78 is 29.2. The number of nitrogens with one attached hydrogen (secondary N) is 2. The summed E-state index contributed by atoms with van der Waals surface area (Å²) in [4.78, 5) is 25.6. The summed E-state index contributed by atoms with van der Waals surface area (Å²) >= 11 is 5.78. The van der Waals surface area contributed by atoms with Gasteiger partial charge in [-0.1, -0.05) is 23.7 Å². The van der Waals surface area contributed by atoms with E-state index in [1.165, 1.54) is 23.1 Å². The minimum atomic E-state index is -3.00. The number of benzene rings is 2. The number of carbonyl (C=O) groups excluding carboxylic acids is 2. The minimum Gasteiger partial charge on any atom is -0.433 e. The molecule has 2 aromatic carbocycles. The van der Waals surface area contributed by atoms with Crippen LogP contribution < -0.4 is 15.4 Å². The molecule has 0 saturated heterocycles. The number of nitrogens with zero attached hydrogens (tertiary/aromatic N) is 1. The Bertz CT molecular complexity index is 788. The van der Waals surface area contributed by atoms with Crippen LogP contribution in [0.1, 0.15) is 0 Å². The molecule has 0 aliphatic carbocycles. The van der Waals surface area contributed by atoms with Gasteiger partial charge in [0.1, 0.15) is 5.75 Å². The Labute approximate surface area is 160 Å². The van der Waals surface area contributed by atoms with Crippen molar-refractivity contribution in [1.82, 2.24) is 4.90 Å². The average molecular weight is 398 g/mol. The minimum absolute atomic E-state index is 0.0365. The van der Waals surface area contributed by atoms with Crippen molar-refractivity contribution >= 4 is 34.8 Å². The zero-order valence-electron chi connectivity index (χ0n) is 14.4. The molecule has 27 heavy (non-hydrogen) atoms. The van der Waals surface area contributed by atoms with Crippen LogP contribution in [0.4, 0.5) is 20.2 Å². The highest BCUT2D eigenvalue weighted by atomic mass is 35.5. The lowest BCUT2D eigenvalue weighted by Crippen LogP contribution is -2.36. The first-order valence-electron chi connectivity index (χ1n) is 7.91. The second kappa shape index (κ2) is 9.84. The van der Waals surface area contributed by atoms with Crippen LogP contribution in [0.25, 0.3) is 0 Å². The molecule has 9 heteroatoms. The van der Waals surface area contributed by atoms with Gasteiger partial charge in [-0.25, -0.2) is 0 Å². The van der Waals surface area contributed by atoms with Gasteiger partial charge in [-0.15, -0.1) is 0 Å². The molecule has 0 heterocycles. The summed E-state index contributed by atoms with van der Waals surface area (Å²) in [6.07, 6.45) is 0. The third kappa shape index (κ3) is 7.20. The van der Waals surface area contributed by atoms with Gasteiger partial charge in [0.25, 0.3) is 0 Å². The molecule has 0 aliphatic rings. The van der Waals surface area contributed by atoms with Crippen LogP contribution in [-0.4, -0.2) is 43.5 Å². The molecule has 2 aromatic rings. The molecule has 0 saturated carbocycles. The molecule has 2 rings (SSSR count). The van der Waals surface area contributed by atoms with Gasteiger partial charge in [0.2, 0.25) is 11.8 Å². The highest BCUT2D eigenvalue weighted by molar-refractivity contribution is 6.30. The van der Waals surface area contributed by atoms with Crippen molar-refractivity contribution in [3.63, 3.8) is 0 Å². The quantitative estimate of drug-likeness (QED) is 0.715. The Kier molecular flexibility index (Phi) is 7.51. The van der Waals surface area contributed by atoms with Crippen LogP contribution in [-0.2, 0) is 9.59 Å². The first-order valence-corrected chi connectivity index (χ1v) is 8.29. The first-order chi connectivity index (χ1) is 12.8. The van der Waals surface area contributed by atoms with Crippen LogP contribution in [0, 0.1) is 0 Å². The van der Waals surface area contributed by atoms with Gasteiger partial charge < -0.3 is 15.4 Å². The van der Waals surface area contributed by atoms with Crippen LogP contribution in [0.2, 0.25) is 5.02 Å². The molecule has 2 N–H and O–H groups in total. The number of ether oxygens (including phenoxy) is 1. The molecule has 0 atom stereocenters. The fourth-order valence-corrected chi connectivity index (χ4v) is 2.36. The Morgan fingerprint density at radius 1 is 1.04 bits per heavy atom. The van der Waals surface area contributed by atoms with E-state index in [1.54, 1.807) is 37.4 Å². The predicted molar refractivity (Wildman–Crippen MR) is 99.3 cm³/mol. The monoisotopic (exact) mass is 397 g/mol. The molecule has 144 valence electrons. The summed E-state index contributed by atoms with van der Waals surface area (Å²) in [5.74, 6) is -0.917. The van der Waals surface area contributed by atoms with E-state index in [1.807, 2.05) is 0 Å². The molecule has 0 fully saturated rings. The summed E-state index contributed by atoms with van der Waals surface area (Å²) in [7, 11) is 1.59. The smallest absolute Gasteiger partial charge is 0.387 e. The van der Waals surface area contributed by atoms with Crippen LogP contribution in [0.5, 0.6) is 5.75 Å². The lowest BCUT2D eigenvalue weighted by atomic mass is 10.3. The van der Waals surface area contributed by atoms with Crippen molar-refractivity contribution in [2.75, 3.05) is 30.8 Å². The van der Waals surface area contributed by atoms with E-state index in [9.17, 15) is 18.4 Å². The largest absolute Gasteiger partial charge is 0.433 e. The van der Waals surface area contributed by atoms with Crippen molar-refractivity contribution in [1.29, 1.82) is 0 Å². The van der Waals surface area contributed by atoms with Gasteiger partial charge in [-0.05, 0) is 43.4 Å². The average Bonchev–Trinajstić information content (AvgIpc) is 2.58. The van der Waals surface area contributed by atoms with Crippen molar-refractivity contribution in [3.8, 4) is 5.75 Å². The molecule has 0 bridgehead atoms. The molecule has 0 unspecified atom stereocenters. The van der Waals surface area contributed by atoms with Crippen molar-refractivity contribution < 1.29 is 23.1 Å². The number of likely N-dealkylation sites (N-methyl/N-ethyl adjacent to an activating group) is 1. The van der Waals surface area contributed by atoms with Gasteiger partial charge in [0.15, 0.2) is 0 Å². The molecule has 2 amide bonds. The van der Waals surface area contributed by atoms with E-state index >= 15 is 0 Å². The fourth-order valence-electron chi connectivity index (χ4n) is 2.24. The fraction of sp³-hybridized carbons (Fsp3) is 0.222. The Balaban J connectivity index is 1.85. The predicted octanol–water partition coefficient (Wildman–Crippen LogP) is 3.45. The SMILES string of the molecule is CN(CC(=O)Nc1ccc(Cl)cc1)CC(=O)Nc1ccccc1OC(F)F. The third-order valence-electron chi connectivity index (χ3n) is 3.33. The standard InChI is InChI=1S/C18H18ClF2N3O3/c1-24(10-16(25)22-13-8-6-12(19)7-9-13)11-17(26)23-14-4-2-3-5-15(14)27-18(20)21/h2-9,18H,10-11H2,1H3,(H,22,25)(H,23,26). The molecule has 0 aliphatic heterocycles. The van der Waals surface area contributed by atoms with E-state index in [0.717, 1.165) is 0 Å². The van der Waals surface area contributed by atoms with Crippen LogP contribution >= 0.6 is 11.6 Å². The van der Waals surface area contributed by atoms with Crippen molar-refractivity contribution in [2.45, 2.75) is 6.61 Å². The summed E-state index contributed by atoms with van der Waals surface area (Å²) in [5, 5.41) is 5.72. The number of carbonyl (C=O) groups is 2. The zero-order chi connectivity index (χ0) is 19.8. The van der Waals surface area contributed by atoms with E-state index in [-0.39, 0.29) is 30.4 Å². The number of hydrogen-bond acceptors (Lipinski definition) is 4. The molecule has 6 nitrogen and oxygen atoms in total. The number of alkyl halides is 2. The number of amides is 2. The molecule has 0 spiro atoms. The Morgan fingerprint density at radius 2 is 1.63 bits per heavy atom. The highest BCUT2D eigenvalue weighted by Gasteiger charge is 2.14. The second-order valence-corrected chi connectivity index (χ2v) is 6.09. The van der Waals surface area contributed by atoms with Gasteiger partial charge in [0.05, 0.1) is 18.8 Å². The van der Waals surface area contributed by atoms with E-state index in [4.69, 9.17) is 11.6 Å². The molecule has 0 radical (unpaired) electrons. The summed E-state index contributed by atoms with van der Waals surface area (Å²) in [6, 6.07) is 12.5. The normalized spacial score (nSPS) is 10.7. The maximum absolute atomic E-state index is 12.4. The second-order valence-electron chi connectivity index (χ2n) is 5.65. The summed E-state index contributed by atoms with van der Waals surface area (Å²) in [6.45, 7) is -3.15. The Hall–Kier alpha value is -2.71. The lowest BCUT2D eigenvalue weighted by molar-refractivity contribution is -0.119. The van der Waals surface area contributed by atoms with E-state index < -0.39 is 12.5 Å². The van der Waals surface area contributed by atoms with E-state index in [0.29, 0.717) is 10.7 Å². The number of hydrogen-bond donors (Lipinski definition) is 2. The van der Waals surface area contributed by atoms with Crippen molar-refractivity contribution in [2.24, 2.45) is 0 Å². The van der Waals surface area contributed by atoms with Gasteiger partial charge >= 0.3 is 6.61 Å². The van der Waals surface area contributed by atoms with Crippen LogP contribution in [0.15, 0.2) is 48.5 Å². The maximum Gasteiger partial charge on any atom is 0.387 e. The summed E-state index contributed by atoms with van der Waals surface area (Å²) in [5.41, 5.74) is 0.710. The lowest BCUT2D eigenvalue weighted by Gasteiger charge is -2.17. The topological polar surface area (TPSA) is 70.7 Å². The number of halogens is 3. The molecular formula is C18H18ClF2N3O3. The highest BCUT2D eigenvalue weighted by Crippen LogP contribution is 2.25. The Morgan fingerprint density at radius 3 is 2.26 bits per heavy atom. The number of anilines is 2. The van der Waals surface area contributed by atoms with Crippen LogP contribution in [0.3, 0.4) is 0 Å². The molecule has 0 aromatic heterocycles. The maximum atomic E-state index is 12.4. The number of rotatable bonds is 8. The first kappa shape index (κ1) is 20.6. The molecular weight excluding hydrogens is 380 g/mol. The van der Waals surface area contributed by atoms with Gasteiger partial charge in [0, 0.05) is 10.7 Å². The van der Waals surface area contributed by atoms with Gasteiger partial charge in [-0.3, -0.25) is 14.5 Å².